The van der Waals surface area contributed by atoms with Crippen LogP contribution in [-0.2, 0) is 38.5 Å². The topological polar surface area (TPSA) is 101 Å². The fraction of sp³-hybridized carbons (Fsp3) is 0.341. The van der Waals surface area contributed by atoms with Gasteiger partial charge in [-0.2, -0.15) is 5.10 Å². The Hall–Kier alpha value is -4.65. The molecule has 53 heavy (non-hydrogen) atoms. The van der Waals surface area contributed by atoms with E-state index in [9.17, 15) is 9.18 Å². The minimum atomic E-state index is -0.255. The van der Waals surface area contributed by atoms with Crippen molar-refractivity contribution in [1.29, 1.82) is 0 Å². The number of aldehydes is 1. The molecule has 6 rings (SSSR count). The van der Waals surface area contributed by atoms with Crippen molar-refractivity contribution in [1.82, 2.24) is 24.5 Å². The number of nitrogens with one attached hydrogen (secondary N) is 1. The van der Waals surface area contributed by atoms with E-state index in [0.29, 0.717) is 76.6 Å². The van der Waals surface area contributed by atoms with Gasteiger partial charge in [0.05, 0.1) is 50.9 Å². The number of carbonyl (C=O) groups is 1. The number of halogens is 2. The number of nitrogens with zero attached hydrogens (tertiary/aromatic N) is 4. The van der Waals surface area contributed by atoms with E-state index in [1.807, 2.05) is 85.3 Å². The van der Waals surface area contributed by atoms with E-state index in [-0.39, 0.29) is 12.2 Å². The lowest BCUT2D eigenvalue weighted by atomic mass is 10.1. The number of rotatable bonds is 21. The van der Waals surface area contributed by atoms with Gasteiger partial charge in [-0.1, -0.05) is 23.7 Å². The van der Waals surface area contributed by atoms with Crippen molar-refractivity contribution >= 4 is 34.4 Å². The van der Waals surface area contributed by atoms with Crippen molar-refractivity contribution < 1.29 is 28.1 Å². The third-order valence-electron chi connectivity index (χ3n) is 8.80. The monoisotopic (exact) mass is 741 g/mol. The SMILES string of the molecule is Cc1cc(C)n2nc(-c3ccc(OCCCOCCOCCOCCNCc4cc(F)cc5c4ccn5Cc4ccc(Cl)cc4)cc3)c(CC=O)c2n1. The van der Waals surface area contributed by atoms with Gasteiger partial charge in [0.15, 0.2) is 5.65 Å². The van der Waals surface area contributed by atoms with E-state index >= 15 is 0 Å². The van der Waals surface area contributed by atoms with Crippen LogP contribution in [0.1, 0.15) is 34.5 Å². The van der Waals surface area contributed by atoms with Crippen molar-refractivity contribution in [2.24, 2.45) is 0 Å². The molecule has 0 fully saturated rings. The molecule has 0 amide bonds. The summed E-state index contributed by atoms with van der Waals surface area (Å²) in [7, 11) is 0. The maximum Gasteiger partial charge on any atom is 0.159 e. The predicted molar refractivity (Wildman–Crippen MR) is 204 cm³/mol. The molecule has 0 spiro atoms. The molecule has 6 aromatic rings. The van der Waals surface area contributed by atoms with Crippen LogP contribution in [0.4, 0.5) is 4.39 Å². The average Bonchev–Trinajstić information content (AvgIpc) is 3.72. The van der Waals surface area contributed by atoms with Crippen LogP contribution in [0, 0.1) is 19.7 Å². The first-order valence-electron chi connectivity index (χ1n) is 17.9. The molecule has 3 heterocycles. The Labute approximate surface area is 313 Å². The summed E-state index contributed by atoms with van der Waals surface area (Å²) < 4.78 is 41.2. The number of aryl methyl sites for hydroxylation is 2. The summed E-state index contributed by atoms with van der Waals surface area (Å²) in [5.74, 6) is 0.500. The van der Waals surface area contributed by atoms with Crippen LogP contribution in [0.2, 0.25) is 5.02 Å². The molecule has 0 aliphatic carbocycles. The Morgan fingerprint density at radius 3 is 2.36 bits per heavy atom. The third-order valence-corrected chi connectivity index (χ3v) is 9.05. The van der Waals surface area contributed by atoms with Crippen LogP contribution in [0.5, 0.6) is 5.75 Å². The summed E-state index contributed by atoms with van der Waals surface area (Å²) >= 11 is 6.01. The molecule has 3 aromatic carbocycles. The lowest BCUT2D eigenvalue weighted by molar-refractivity contribution is -0.107. The first kappa shape index (κ1) is 38.1. The Bertz CT molecular complexity index is 2100. The minimum Gasteiger partial charge on any atom is -0.494 e. The zero-order chi connectivity index (χ0) is 37.0. The van der Waals surface area contributed by atoms with Gasteiger partial charge in [-0.15, -0.1) is 0 Å². The molecular weight excluding hydrogens is 697 g/mol. The Kier molecular flexibility index (Phi) is 13.6. The molecule has 1 N–H and O–H groups in total. The first-order valence-corrected chi connectivity index (χ1v) is 18.3. The Balaban J connectivity index is 0.801. The summed E-state index contributed by atoms with van der Waals surface area (Å²) in [6.07, 6.45) is 3.87. The van der Waals surface area contributed by atoms with Crippen LogP contribution in [0.25, 0.3) is 27.8 Å². The summed E-state index contributed by atoms with van der Waals surface area (Å²) in [6, 6.07) is 22.6. The fourth-order valence-corrected chi connectivity index (χ4v) is 6.37. The normalized spacial score (nSPS) is 11.5. The smallest absolute Gasteiger partial charge is 0.159 e. The fourth-order valence-electron chi connectivity index (χ4n) is 6.24. The van der Waals surface area contributed by atoms with E-state index in [1.54, 1.807) is 16.6 Å². The largest absolute Gasteiger partial charge is 0.494 e. The van der Waals surface area contributed by atoms with Crippen molar-refractivity contribution in [3.63, 3.8) is 0 Å². The van der Waals surface area contributed by atoms with Gasteiger partial charge in [-0.3, -0.25) is 0 Å². The maximum absolute atomic E-state index is 14.5. The van der Waals surface area contributed by atoms with Gasteiger partial charge in [-0.05, 0) is 85.6 Å². The van der Waals surface area contributed by atoms with E-state index in [0.717, 1.165) is 68.7 Å². The maximum atomic E-state index is 14.5. The molecule has 0 saturated carbocycles. The number of ether oxygens (including phenoxy) is 4. The van der Waals surface area contributed by atoms with Gasteiger partial charge >= 0.3 is 0 Å². The lowest BCUT2D eigenvalue weighted by Gasteiger charge is -2.10. The molecule has 0 atom stereocenters. The third kappa shape index (κ3) is 10.3. The molecule has 0 aliphatic rings. The highest BCUT2D eigenvalue weighted by molar-refractivity contribution is 6.30. The summed E-state index contributed by atoms with van der Waals surface area (Å²) in [6.45, 7) is 9.30. The van der Waals surface area contributed by atoms with E-state index in [4.69, 9.17) is 35.6 Å². The van der Waals surface area contributed by atoms with Gasteiger partial charge in [0.2, 0.25) is 0 Å². The molecule has 0 aliphatic heterocycles. The lowest BCUT2D eigenvalue weighted by Crippen LogP contribution is -2.20. The highest BCUT2D eigenvalue weighted by Crippen LogP contribution is 2.28. The molecule has 0 saturated heterocycles. The summed E-state index contributed by atoms with van der Waals surface area (Å²) in [5.41, 5.74) is 7.92. The molecule has 10 nitrogen and oxygen atoms in total. The molecule has 3 aromatic heterocycles. The molecule has 278 valence electrons. The van der Waals surface area contributed by atoms with Crippen LogP contribution in [-0.4, -0.2) is 78.2 Å². The molecule has 0 unspecified atom stereocenters. The highest BCUT2D eigenvalue weighted by atomic mass is 35.5. The van der Waals surface area contributed by atoms with Crippen molar-refractivity contribution in [3.05, 3.63) is 118 Å². The number of hydrogen-bond donors (Lipinski definition) is 1. The van der Waals surface area contributed by atoms with Gasteiger partial charge in [0.25, 0.3) is 0 Å². The minimum absolute atomic E-state index is 0.247. The highest BCUT2D eigenvalue weighted by Gasteiger charge is 2.17. The van der Waals surface area contributed by atoms with Crippen LogP contribution >= 0.6 is 11.6 Å². The molecular formula is C41H45ClFN5O5. The molecule has 0 radical (unpaired) electrons. The number of benzene rings is 3. The molecule has 12 heteroatoms. The van der Waals surface area contributed by atoms with Crippen LogP contribution in [0.15, 0.2) is 79.0 Å². The zero-order valence-corrected chi connectivity index (χ0v) is 30.9. The Morgan fingerprint density at radius 2 is 1.60 bits per heavy atom. The number of carbonyl (C=O) groups excluding carboxylic acids is 1. The molecule has 0 bridgehead atoms. The van der Waals surface area contributed by atoms with Crippen molar-refractivity contribution in [2.75, 3.05) is 52.8 Å². The first-order chi connectivity index (χ1) is 25.9. The number of aromatic nitrogens is 4. The summed E-state index contributed by atoms with van der Waals surface area (Å²) in [4.78, 5) is 16.0. The second-order valence-electron chi connectivity index (χ2n) is 12.8. The van der Waals surface area contributed by atoms with Gasteiger partial charge in [-0.25, -0.2) is 13.9 Å². The van der Waals surface area contributed by atoms with Crippen molar-refractivity contribution in [3.8, 4) is 17.0 Å². The summed E-state index contributed by atoms with van der Waals surface area (Å²) in [5, 5.41) is 9.82. The number of hydrogen-bond acceptors (Lipinski definition) is 8. The van der Waals surface area contributed by atoms with Gasteiger partial charge in [0, 0.05) is 78.2 Å². The average molecular weight is 742 g/mol. The van der Waals surface area contributed by atoms with Gasteiger partial charge < -0.3 is 33.6 Å². The van der Waals surface area contributed by atoms with Crippen molar-refractivity contribution in [2.45, 2.75) is 39.8 Å². The second kappa shape index (κ2) is 18.9. The van der Waals surface area contributed by atoms with Crippen LogP contribution in [0.3, 0.4) is 0 Å². The predicted octanol–water partition coefficient (Wildman–Crippen LogP) is 7.16. The van der Waals surface area contributed by atoms with E-state index in [2.05, 4.69) is 10.3 Å². The second-order valence-corrected chi connectivity index (χ2v) is 13.2. The number of fused-ring (bicyclic) bond motifs is 2. The zero-order valence-electron chi connectivity index (χ0n) is 30.2. The van der Waals surface area contributed by atoms with E-state index < -0.39 is 0 Å². The van der Waals surface area contributed by atoms with E-state index in [1.165, 1.54) is 0 Å². The van der Waals surface area contributed by atoms with Gasteiger partial charge in [0.1, 0.15) is 17.9 Å². The quantitative estimate of drug-likeness (QED) is 0.0613. The van der Waals surface area contributed by atoms with Crippen LogP contribution < -0.4 is 10.1 Å². The standard InChI is InChI=1S/C41H45ClFN5O5/c1-29-24-30(2)48-41(45-29)38(13-16-49)40(46-48)32-6-10-36(11-7-32)53-18-3-17-50-20-22-52-23-21-51-19-14-44-27-33-25-35(43)26-39-37(33)12-15-47(39)28-31-4-8-34(42)9-5-31/h4-12,15-16,24-26,44H,3,13-14,17-23,27-28H2,1-2H3. The Morgan fingerprint density at radius 1 is 0.868 bits per heavy atom.